The third-order valence-electron chi connectivity index (χ3n) is 4.61. The molecule has 8 heteroatoms. The van der Waals surface area contributed by atoms with Crippen LogP contribution in [0, 0.1) is 5.92 Å². The summed E-state index contributed by atoms with van der Waals surface area (Å²) in [7, 11) is -3.87. The number of esters is 1. The summed E-state index contributed by atoms with van der Waals surface area (Å²) in [6, 6.07) is 12.6. The zero-order valence-electron chi connectivity index (χ0n) is 15.5. The van der Waals surface area contributed by atoms with Gasteiger partial charge in [0.1, 0.15) is 15.3 Å². The summed E-state index contributed by atoms with van der Waals surface area (Å²) in [5, 5.41) is 0. The molecule has 1 fully saturated rings. The number of hydrogen-bond acceptors (Lipinski definition) is 5. The van der Waals surface area contributed by atoms with Gasteiger partial charge in [-0.3, -0.25) is 0 Å². The molecule has 1 aliphatic carbocycles. The molecular weight excluding hydrogens is 450 g/mol. The molecule has 0 bridgehead atoms. The fourth-order valence-corrected chi connectivity index (χ4v) is 6.82. The predicted octanol–water partition coefficient (Wildman–Crippen LogP) is 4.30. The standard InChI is InChI=1S/C19H22BrNO4S2/c1-12-16(13-8-6-5-7-9-13)19(12,17(22)25-18(2,3)4)21-27(23,24)15-11-10-14(20)26-15/h5-12,16,21H,1-4H3. The first kappa shape index (κ1) is 20.5. The minimum Gasteiger partial charge on any atom is -0.459 e. The van der Waals surface area contributed by atoms with Crippen LogP contribution in [0.3, 0.4) is 0 Å². The molecular formula is C19H22BrNO4S2. The van der Waals surface area contributed by atoms with Crippen molar-refractivity contribution in [1.82, 2.24) is 4.72 Å². The van der Waals surface area contributed by atoms with Gasteiger partial charge in [0.05, 0.1) is 3.79 Å². The Balaban J connectivity index is 2.00. The lowest BCUT2D eigenvalue weighted by Gasteiger charge is -2.25. The highest BCUT2D eigenvalue weighted by atomic mass is 79.9. The quantitative estimate of drug-likeness (QED) is 0.659. The highest BCUT2D eigenvalue weighted by Crippen LogP contribution is 2.59. The van der Waals surface area contributed by atoms with Crippen molar-refractivity contribution in [1.29, 1.82) is 0 Å². The Morgan fingerprint density at radius 2 is 1.81 bits per heavy atom. The molecule has 27 heavy (non-hydrogen) atoms. The topological polar surface area (TPSA) is 72.5 Å². The smallest absolute Gasteiger partial charge is 0.328 e. The molecule has 0 amide bonds. The number of nitrogens with one attached hydrogen (secondary N) is 1. The molecule has 3 atom stereocenters. The number of carbonyl (C=O) groups excluding carboxylic acids is 1. The normalized spacial score (nSPS) is 25.2. The average molecular weight is 472 g/mol. The SMILES string of the molecule is CC1C(c2ccccc2)C1(NS(=O)(=O)c1ccc(Br)s1)C(=O)OC(C)(C)C. The van der Waals surface area contributed by atoms with Crippen LogP contribution in [0.1, 0.15) is 39.2 Å². The number of carbonyl (C=O) groups is 1. The Morgan fingerprint density at radius 3 is 2.33 bits per heavy atom. The van der Waals surface area contributed by atoms with Crippen LogP contribution in [-0.4, -0.2) is 25.5 Å². The molecule has 1 aromatic carbocycles. The maximum absolute atomic E-state index is 13.1. The van der Waals surface area contributed by atoms with Crippen LogP contribution < -0.4 is 4.72 Å². The lowest BCUT2D eigenvalue weighted by molar-refractivity contribution is -0.158. The third kappa shape index (κ3) is 3.99. The molecule has 3 unspecified atom stereocenters. The van der Waals surface area contributed by atoms with E-state index in [1.807, 2.05) is 37.3 Å². The van der Waals surface area contributed by atoms with Crippen LogP contribution in [0.4, 0.5) is 0 Å². The van der Waals surface area contributed by atoms with Crippen LogP contribution in [0.2, 0.25) is 0 Å². The van der Waals surface area contributed by atoms with E-state index in [1.54, 1.807) is 26.8 Å². The molecule has 1 aromatic heterocycles. The third-order valence-corrected chi connectivity index (χ3v) is 8.21. The van der Waals surface area contributed by atoms with Crippen LogP contribution in [0.15, 0.2) is 50.5 Å². The molecule has 1 saturated carbocycles. The fraction of sp³-hybridized carbons (Fsp3) is 0.421. The lowest BCUT2D eigenvalue weighted by atomic mass is 10.1. The van der Waals surface area contributed by atoms with Gasteiger partial charge in [0.25, 0.3) is 10.0 Å². The summed E-state index contributed by atoms with van der Waals surface area (Å²) in [6.07, 6.45) is 0. The van der Waals surface area contributed by atoms with Crippen molar-refractivity contribution < 1.29 is 17.9 Å². The number of sulfonamides is 1. The number of hydrogen-bond donors (Lipinski definition) is 1. The van der Waals surface area contributed by atoms with E-state index < -0.39 is 27.1 Å². The highest BCUT2D eigenvalue weighted by molar-refractivity contribution is 9.11. The zero-order chi connectivity index (χ0) is 20.0. The van der Waals surface area contributed by atoms with Crippen molar-refractivity contribution in [3.63, 3.8) is 0 Å². The molecule has 1 aliphatic rings. The molecule has 2 aromatic rings. The van der Waals surface area contributed by atoms with Crippen molar-refractivity contribution in [2.24, 2.45) is 5.92 Å². The first-order chi connectivity index (χ1) is 12.5. The molecule has 0 aliphatic heterocycles. The summed E-state index contributed by atoms with van der Waals surface area (Å²) >= 11 is 4.38. The molecule has 1 N–H and O–H groups in total. The molecule has 0 saturated heterocycles. The van der Waals surface area contributed by atoms with Crippen LogP contribution >= 0.6 is 27.3 Å². The van der Waals surface area contributed by atoms with Crippen molar-refractivity contribution in [3.05, 3.63) is 51.8 Å². The van der Waals surface area contributed by atoms with Crippen LogP contribution in [0.5, 0.6) is 0 Å². The highest BCUT2D eigenvalue weighted by Gasteiger charge is 2.71. The van der Waals surface area contributed by atoms with Gasteiger partial charge < -0.3 is 4.74 Å². The van der Waals surface area contributed by atoms with Gasteiger partial charge in [0, 0.05) is 5.92 Å². The number of benzene rings is 1. The number of thiophene rings is 1. The largest absolute Gasteiger partial charge is 0.459 e. The van der Waals surface area contributed by atoms with E-state index in [1.165, 1.54) is 6.07 Å². The summed E-state index contributed by atoms with van der Waals surface area (Å²) in [5.41, 5.74) is -1.12. The average Bonchev–Trinajstić information content (AvgIpc) is 2.89. The van der Waals surface area contributed by atoms with Crippen molar-refractivity contribution >= 4 is 43.3 Å². The van der Waals surface area contributed by atoms with E-state index in [0.717, 1.165) is 16.9 Å². The molecule has 146 valence electrons. The predicted molar refractivity (Wildman–Crippen MR) is 109 cm³/mol. The molecule has 0 spiro atoms. The second-order valence-electron chi connectivity index (χ2n) is 7.71. The Bertz CT molecular complexity index is 950. The monoisotopic (exact) mass is 471 g/mol. The van der Waals surface area contributed by atoms with Gasteiger partial charge in [-0.25, -0.2) is 13.2 Å². The van der Waals surface area contributed by atoms with E-state index in [9.17, 15) is 13.2 Å². The zero-order valence-corrected chi connectivity index (χ0v) is 18.7. The van der Waals surface area contributed by atoms with Crippen LogP contribution in [-0.2, 0) is 19.6 Å². The maximum atomic E-state index is 13.1. The van der Waals surface area contributed by atoms with Crippen molar-refractivity contribution in [2.75, 3.05) is 0 Å². The Kier molecular flexibility index (Phi) is 5.31. The van der Waals surface area contributed by atoms with Gasteiger partial charge >= 0.3 is 5.97 Å². The Labute approximate surface area is 172 Å². The van der Waals surface area contributed by atoms with Gasteiger partial charge in [-0.2, -0.15) is 4.72 Å². The van der Waals surface area contributed by atoms with Crippen molar-refractivity contribution in [2.45, 2.75) is 49.0 Å². The Morgan fingerprint density at radius 1 is 1.19 bits per heavy atom. The summed E-state index contributed by atoms with van der Waals surface area (Å²) in [6.45, 7) is 7.19. The van der Waals surface area contributed by atoms with E-state index in [4.69, 9.17) is 4.74 Å². The summed E-state index contributed by atoms with van der Waals surface area (Å²) < 4.78 is 35.1. The summed E-state index contributed by atoms with van der Waals surface area (Å²) in [5.74, 6) is -1.06. The fourth-order valence-electron chi connectivity index (χ4n) is 3.36. The number of rotatable bonds is 5. The van der Waals surface area contributed by atoms with E-state index in [2.05, 4.69) is 20.7 Å². The Hall–Kier alpha value is -1.22. The van der Waals surface area contributed by atoms with E-state index >= 15 is 0 Å². The van der Waals surface area contributed by atoms with Crippen LogP contribution in [0.25, 0.3) is 0 Å². The lowest BCUT2D eigenvalue weighted by Crippen LogP contribution is -2.48. The second kappa shape index (κ2) is 6.99. The summed E-state index contributed by atoms with van der Waals surface area (Å²) in [4.78, 5) is 13.1. The second-order valence-corrected chi connectivity index (χ2v) is 12.1. The van der Waals surface area contributed by atoms with Crippen molar-refractivity contribution in [3.8, 4) is 0 Å². The van der Waals surface area contributed by atoms with Gasteiger partial charge in [0.15, 0.2) is 0 Å². The van der Waals surface area contributed by atoms with E-state index in [-0.39, 0.29) is 16.0 Å². The first-order valence-electron chi connectivity index (χ1n) is 8.55. The maximum Gasteiger partial charge on any atom is 0.328 e. The van der Waals surface area contributed by atoms with E-state index in [0.29, 0.717) is 3.79 Å². The molecule has 5 nitrogen and oxygen atoms in total. The van der Waals surface area contributed by atoms with Gasteiger partial charge in [-0.05, 0) is 60.3 Å². The number of halogens is 1. The van der Waals surface area contributed by atoms with Gasteiger partial charge in [0.2, 0.25) is 0 Å². The molecule has 3 rings (SSSR count). The van der Waals surface area contributed by atoms with Gasteiger partial charge in [-0.1, -0.05) is 37.3 Å². The minimum absolute atomic E-state index is 0.156. The molecule has 1 heterocycles. The number of ether oxygens (including phenoxy) is 1. The minimum atomic E-state index is -3.87. The van der Waals surface area contributed by atoms with Gasteiger partial charge in [-0.15, -0.1) is 11.3 Å². The first-order valence-corrected chi connectivity index (χ1v) is 11.6. The molecule has 0 radical (unpaired) electrons.